The number of hydrogen-bond acceptors (Lipinski definition) is 3. The van der Waals surface area contributed by atoms with Crippen LogP contribution in [0, 0.1) is 13.8 Å². The maximum absolute atomic E-state index is 12.7. The first kappa shape index (κ1) is 16.3. The number of hydrogen-bond donors (Lipinski definition) is 0. The van der Waals surface area contributed by atoms with Gasteiger partial charge in [0.15, 0.2) is 0 Å². The van der Waals surface area contributed by atoms with Crippen molar-refractivity contribution in [1.29, 1.82) is 0 Å². The molecule has 25 heavy (non-hydrogen) atoms. The van der Waals surface area contributed by atoms with Gasteiger partial charge in [0.1, 0.15) is 11.6 Å². The van der Waals surface area contributed by atoms with Crippen LogP contribution in [0.15, 0.2) is 24.3 Å². The van der Waals surface area contributed by atoms with Crippen molar-refractivity contribution in [2.45, 2.75) is 57.9 Å². The molecule has 1 aliphatic heterocycles. The van der Waals surface area contributed by atoms with E-state index in [4.69, 9.17) is 0 Å². The van der Waals surface area contributed by atoms with E-state index in [1.165, 1.54) is 37.7 Å². The van der Waals surface area contributed by atoms with Gasteiger partial charge in [-0.1, -0.05) is 31.4 Å². The van der Waals surface area contributed by atoms with Gasteiger partial charge in [-0.2, -0.15) is 5.10 Å². The van der Waals surface area contributed by atoms with E-state index in [2.05, 4.69) is 22.2 Å². The highest BCUT2D eigenvalue weighted by atomic mass is 16.2. The number of benzene rings is 1. The number of aryl methyl sites for hydroxylation is 2. The third kappa shape index (κ3) is 3.20. The van der Waals surface area contributed by atoms with Crippen molar-refractivity contribution >= 4 is 5.91 Å². The number of nitrogens with zero attached hydrogens (tertiary/aromatic N) is 4. The maximum atomic E-state index is 12.7. The zero-order chi connectivity index (χ0) is 17.4. The summed E-state index contributed by atoms with van der Waals surface area (Å²) in [5, 5.41) is 4.43. The van der Waals surface area contributed by atoms with Crippen molar-refractivity contribution in [1.82, 2.24) is 19.7 Å². The zero-order valence-corrected chi connectivity index (χ0v) is 15.1. The third-order valence-corrected chi connectivity index (χ3v) is 5.64. The van der Waals surface area contributed by atoms with Crippen molar-refractivity contribution in [2.24, 2.45) is 0 Å². The summed E-state index contributed by atoms with van der Waals surface area (Å²) in [6.45, 7) is 5.30. The van der Waals surface area contributed by atoms with E-state index in [0.29, 0.717) is 19.0 Å². The minimum absolute atomic E-state index is 0.126. The lowest BCUT2D eigenvalue weighted by molar-refractivity contribution is 0.0497. The molecule has 1 amide bonds. The highest BCUT2D eigenvalue weighted by Crippen LogP contribution is 2.33. The summed E-state index contributed by atoms with van der Waals surface area (Å²) in [5.41, 5.74) is 2.19. The number of aromatic nitrogens is 3. The van der Waals surface area contributed by atoms with E-state index in [0.717, 1.165) is 17.2 Å². The first-order valence-electron chi connectivity index (χ1n) is 9.41. The Labute approximate surface area is 149 Å². The Kier molecular flexibility index (Phi) is 4.32. The van der Waals surface area contributed by atoms with Crippen molar-refractivity contribution in [3.63, 3.8) is 0 Å². The number of likely N-dealkylation sites (tertiary alicyclic amines) is 1. The van der Waals surface area contributed by atoms with Crippen LogP contribution in [0.2, 0.25) is 0 Å². The Morgan fingerprint density at radius 2 is 1.72 bits per heavy atom. The molecular formula is C20H26N4O. The molecule has 1 aliphatic carbocycles. The second kappa shape index (κ2) is 6.62. The normalized spacial score (nSPS) is 19.0. The molecule has 2 heterocycles. The van der Waals surface area contributed by atoms with Crippen LogP contribution < -0.4 is 0 Å². The SMILES string of the molecule is Cc1nc(C)n(C2CN(C(=O)c3ccc(C4CCCCC4)cc3)C2)n1. The second-order valence-corrected chi connectivity index (χ2v) is 7.47. The second-order valence-electron chi connectivity index (χ2n) is 7.47. The molecule has 1 aromatic heterocycles. The fourth-order valence-corrected chi connectivity index (χ4v) is 4.17. The van der Waals surface area contributed by atoms with E-state index in [-0.39, 0.29) is 11.9 Å². The number of carbonyl (C=O) groups is 1. The van der Waals surface area contributed by atoms with Crippen LogP contribution in [0.4, 0.5) is 0 Å². The third-order valence-electron chi connectivity index (χ3n) is 5.64. The Balaban J connectivity index is 1.38. The van der Waals surface area contributed by atoms with Gasteiger partial charge in [-0.25, -0.2) is 9.67 Å². The lowest BCUT2D eigenvalue weighted by Gasteiger charge is -2.39. The van der Waals surface area contributed by atoms with Gasteiger partial charge in [0, 0.05) is 18.7 Å². The van der Waals surface area contributed by atoms with Crippen LogP contribution >= 0.6 is 0 Å². The van der Waals surface area contributed by atoms with Crippen molar-refractivity contribution in [3.8, 4) is 0 Å². The molecule has 2 aromatic rings. The lowest BCUT2D eigenvalue weighted by Crippen LogP contribution is -2.51. The topological polar surface area (TPSA) is 51.0 Å². The molecule has 0 spiro atoms. The van der Waals surface area contributed by atoms with Crippen LogP contribution in [-0.2, 0) is 0 Å². The fraction of sp³-hybridized carbons (Fsp3) is 0.550. The zero-order valence-electron chi connectivity index (χ0n) is 15.1. The monoisotopic (exact) mass is 338 g/mol. The average Bonchev–Trinajstić information content (AvgIpc) is 2.92. The molecule has 0 atom stereocenters. The van der Waals surface area contributed by atoms with Crippen LogP contribution in [0.5, 0.6) is 0 Å². The molecule has 132 valence electrons. The predicted molar refractivity (Wildman–Crippen MR) is 96.7 cm³/mol. The van der Waals surface area contributed by atoms with E-state index >= 15 is 0 Å². The molecule has 5 heteroatoms. The number of amides is 1. The van der Waals surface area contributed by atoms with Crippen LogP contribution in [-0.4, -0.2) is 38.7 Å². The van der Waals surface area contributed by atoms with Gasteiger partial charge in [-0.05, 0) is 50.3 Å². The van der Waals surface area contributed by atoms with Gasteiger partial charge < -0.3 is 4.90 Å². The summed E-state index contributed by atoms with van der Waals surface area (Å²) in [7, 11) is 0. The van der Waals surface area contributed by atoms with E-state index in [1.54, 1.807) is 0 Å². The minimum atomic E-state index is 0.126. The minimum Gasteiger partial charge on any atom is -0.334 e. The molecular weight excluding hydrogens is 312 g/mol. The number of rotatable bonds is 3. The molecule has 0 bridgehead atoms. The largest absolute Gasteiger partial charge is 0.334 e. The highest BCUT2D eigenvalue weighted by molar-refractivity contribution is 5.94. The first-order valence-corrected chi connectivity index (χ1v) is 9.41. The van der Waals surface area contributed by atoms with Gasteiger partial charge >= 0.3 is 0 Å². The Bertz CT molecular complexity index is 753. The molecule has 0 unspecified atom stereocenters. The Hall–Kier alpha value is -2.17. The molecule has 1 saturated heterocycles. The summed E-state index contributed by atoms with van der Waals surface area (Å²) < 4.78 is 1.95. The molecule has 2 aliphatic rings. The smallest absolute Gasteiger partial charge is 0.253 e. The first-order chi connectivity index (χ1) is 12.1. The van der Waals surface area contributed by atoms with Gasteiger partial charge in [-0.3, -0.25) is 4.79 Å². The van der Waals surface area contributed by atoms with E-state index in [9.17, 15) is 4.79 Å². The Morgan fingerprint density at radius 1 is 1.04 bits per heavy atom. The predicted octanol–water partition coefficient (Wildman–Crippen LogP) is 3.64. The molecule has 4 rings (SSSR count). The molecule has 1 saturated carbocycles. The molecule has 1 aromatic carbocycles. The van der Waals surface area contributed by atoms with Gasteiger partial charge in [0.2, 0.25) is 0 Å². The van der Waals surface area contributed by atoms with Crippen molar-refractivity contribution < 1.29 is 4.79 Å². The summed E-state index contributed by atoms with van der Waals surface area (Å²) in [6.07, 6.45) is 6.62. The van der Waals surface area contributed by atoms with Crippen molar-refractivity contribution in [2.75, 3.05) is 13.1 Å². The molecule has 0 N–H and O–H groups in total. The summed E-state index contributed by atoms with van der Waals surface area (Å²) in [5.74, 6) is 2.53. The van der Waals surface area contributed by atoms with Crippen LogP contribution in [0.3, 0.4) is 0 Å². The average molecular weight is 338 g/mol. The van der Waals surface area contributed by atoms with Crippen LogP contribution in [0.1, 0.15) is 71.6 Å². The van der Waals surface area contributed by atoms with Gasteiger partial charge in [0.25, 0.3) is 5.91 Å². The Morgan fingerprint density at radius 3 is 2.32 bits per heavy atom. The summed E-state index contributed by atoms with van der Waals surface area (Å²) in [4.78, 5) is 18.9. The molecule has 5 nitrogen and oxygen atoms in total. The highest BCUT2D eigenvalue weighted by Gasteiger charge is 2.34. The lowest BCUT2D eigenvalue weighted by atomic mass is 9.84. The number of carbonyl (C=O) groups excluding carboxylic acids is 1. The summed E-state index contributed by atoms with van der Waals surface area (Å²) >= 11 is 0. The quantitative estimate of drug-likeness (QED) is 0.858. The van der Waals surface area contributed by atoms with E-state index < -0.39 is 0 Å². The molecule has 0 radical (unpaired) electrons. The fourth-order valence-electron chi connectivity index (χ4n) is 4.17. The molecule has 2 fully saturated rings. The van der Waals surface area contributed by atoms with Crippen LogP contribution in [0.25, 0.3) is 0 Å². The standard InChI is InChI=1S/C20H26N4O/c1-14-21-15(2)24(22-14)19-12-23(13-19)20(25)18-10-8-17(9-11-18)16-6-4-3-5-7-16/h8-11,16,19H,3-7,12-13H2,1-2H3. The maximum Gasteiger partial charge on any atom is 0.253 e. The van der Waals surface area contributed by atoms with Crippen molar-refractivity contribution in [3.05, 3.63) is 47.0 Å². The van der Waals surface area contributed by atoms with Gasteiger partial charge in [-0.15, -0.1) is 0 Å². The van der Waals surface area contributed by atoms with E-state index in [1.807, 2.05) is 35.6 Å². The van der Waals surface area contributed by atoms with Gasteiger partial charge in [0.05, 0.1) is 6.04 Å². The summed E-state index contributed by atoms with van der Waals surface area (Å²) in [6, 6.07) is 8.58.